The molecule has 0 amide bonds. The van der Waals surface area contributed by atoms with Gasteiger partial charge < -0.3 is 10.4 Å². The summed E-state index contributed by atoms with van der Waals surface area (Å²) >= 11 is 0. The molecule has 10 unspecified atom stereocenters. The van der Waals surface area contributed by atoms with Gasteiger partial charge in [-0.15, -0.1) is 0 Å². The summed E-state index contributed by atoms with van der Waals surface area (Å²) in [6.45, 7) is 25.0. The van der Waals surface area contributed by atoms with Crippen molar-refractivity contribution in [3.63, 3.8) is 0 Å². The maximum atomic E-state index is 13.9. The lowest BCUT2D eigenvalue weighted by molar-refractivity contribution is -0.221. The number of nitrogens with one attached hydrogen (secondary N) is 1. The number of rotatable bonds is 8. The van der Waals surface area contributed by atoms with Crippen LogP contribution in [-0.2, 0) is 4.79 Å². The number of aliphatic carboxylic acids is 1. The van der Waals surface area contributed by atoms with Crippen LogP contribution in [-0.4, -0.2) is 29.8 Å². The smallest absolute Gasteiger partial charge is 0.312 e. The molecule has 0 heterocycles. The van der Waals surface area contributed by atoms with Gasteiger partial charge in [-0.2, -0.15) is 0 Å². The minimum absolute atomic E-state index is 0.0232. The lowest BCUT2D eigenvalue weighted by atomic mass is 9.33. The number of fused-ring (bicyclic) bond motifs is 7. The summed E-state index contributed by atoms with van der Waals surface area (Å²) < 4.78 is 13.9. The first kappa shape index (κ1) is 34.4. The Morgan fingerprint density at radius 1 is 0.957 bits per heavy atom. The second kappa shape index (κ2) is 11.6. The number of carboxylic acid groups (broad SMARTS) is 1. The zero-order chi connectivity index (χ0) is 33.5. The zero-order valence-electron chi connectivity index (χ0n) is 30.7. The summed E-state index contributed by atoms with van der Waals surface area (Å²) in [5, 5.41) is 14.0. The molecular formula is C42H66FNO2. The molecule has 0 aliphatic heterocycles. The lowest BCUT2D eigenvalue weighted by Crippen LogP contribution is -2.68. The molecule has 0 aromatic carbocycles. The predicted octanol–water partition coefficient (Wildman–Crippen LogP) is 10.7. The van der Waals surface area contributed by atoms with Gasteiger partial charge in [-0.1, -0.05) is 72.8 Å². The largest absolute Gasteiger partial charge is 0.481 e. The molecule has 46 heavy (non-hydrogen) atoms. The Labute approximate surface area is 280 Å². The van der Waals surface area contributed by atoms with Crippen molar-refractivity contribution in [1.29, 1.82) is 0 Å². The average Bonchev–Trinajstić information content (AvgIpc) is 3.37. The zero-order valence-corrected chi connectivity index (χ0v) is 30.7. The van der Waals surface area contributed by atoms with Crippen LogP contribution in [0.3, 0.4) is 0 Å². The molecule has 0 aromatic heterocycles. The van der Waals surface area contributed by atoms with Gasteiger partial charge in [0.05, 0.1) is 5.41 Å². The SMILES string of the molecule is C=C(C)C1CCC2(NCCC(C)C)CCC3(C)C(CCC4C5(C)CC=C(C6=CCC(CF)(C(=O)O)CC6)C(C)(C)C5CCC43C)C12. The normalized spacial score (nSPS) is 46.3. The minimum Gasteiger partial charge on any atom is -0.481 e. The first-order valence-corrected chi connectivity index (χ1v) is 19.1. The van der Waals surface area contributed by atoms with E-state index in [2.05, 4.69) is 79.4 Å². The molecule has 6 rings (SSSR count). The van der Waals surface area contributed by atoms with Gasteiger partial charge in [0.15, 0.2) is 0 Å². The molecule has 0 spiro atoms. The highest BCUT2D eigenvalue weighted by molar-refractivity contribution is 5.75. The van der Waals surface area contributed by atoms with Gasteiger partial charge in [0, 0.05) is 5.54 Å². The third kappa shape index (κ3) is 4.82. The molecule has 4 saturated carbocycles. The van der Waals surface area contributed by atoms with E-state index in [0.717, 1.165) is 24.8 Å². The first-order valence-electron chi connectivity index (χ1n) is 19.1. The third-order valence-corrected chi connectivity index (χ3v) is 16.5. The molecule has 3 nitrogen and oxygen atoms in total. The molecule has 2 N–H and O–H groups in total. The van der Waals surface area contributed by atoms with Crippen molar-refractivity contribution in [3.05, 3.63) is 35.5 Å². The van der Waals surface area contributed by atoms with Gasteiger partial charge in [-0.25, -0.2) is 4.39 Å². The van der Waals surface area contributed by atoms with Crippen molar-refractivity contribution in [2.75, 3.05) is 13.2 Å². The third-order valence-electron chi connectivity index (χ3n) is 16.5. The van der Waals surface area contributed by atoms with E-state index in [0.29, 0.717) is 53.8 Å². The number of carbonyl (C=O) groups is 1. The Bertz CT molecular complexity index is 1300. The van der Waals surface area contributed by atoms with Crippen molar-refractivity contribution < 1.29 is 14.3 Å². The average molecular weight is 636 g/mol. The first-order chi connectivity index (χ1) is 21.5. The Morgan fingerprint density at radius 2 is 1.70 bits per heavy atom. The summed E-state index contributed by atoms with van der Waals surface area (Å²) in [5.74, 6) is 3.15. The molecule has 0 radical (unpaired) electrons. The molecule has 0 aromatic rings. The Kier molecular flexibility index (Phi) is 8.68. The predicted molar refractivity (Wildman–Crippen MR) is 188 cm³/mol. The fraction of sp³-hybridized carbons (Fsp3) is 0.833. The minimum atomic E-state index is -1.23. The molecule has 0 saturated heterocycles. The maximum absolute atomic E-state index is 13.9. The summed E-state index contributed by atoms with van der Waals surface area (Å²) in [7, 11) is 0. The van der Waals surface area contributed by atoms with Crippen molar-refractivity contribution in [1.82, 2.24) is 5.32 Å². The molecular weight excluding hydrogens is 569 g/mol. The Balaban J connectivity index is 1.30. The van der Waals surface area contributed by atoms with Gasteiger partial charge in [-0.3, -0.25) is 4.79 Å². The van der Waals surface area contributed by atoms with E-state index in [1.807, 2.05) is 0 Å². The number of hydrogen-bond donors (Lipinski definition) is 2. The molecule has 6 aliphatic carbocycles. The van der Waals surface area contributed by atoms with Crippen molar-refractivity contribution in [3.8, 4) is 0 Å². The van der Waals surface area contributed by atoms with Gasteiger partial charge in [-0.05, 0) is 165 Å². The van der Waals surface area contributed by atoms with Crippen LogP contribution in [0.4, 0.5) is 4.39 Å². The number of allylic oxidation sites excluding steroid dienone is 5. The second-order valence-electron chi connectivity index (χ2n) is 19.1. The number of halogens is 1. The highest BCUT2D eigenvalue weighted by Gasteiger charge is 2.70. The van der Waals surface area contributed by atoms with Gasteiger partial charge in [0.2, 0.25) is 0 Å². The fourth-order valence-corrected chi connectivity index (χ4v) is 13.7. The van der Waals surface area contributed by atoms with E-state index >= 15 is 0 Å². The standard InChI is InChI=1S/C42H66FNO2/c1-27(2)17-25-44-42-22-14-30(28(3)4)35(42)32-10-11-34-38(7)18-15-31(29-12-20-41(26-43,21-13-29)36(45)46)37(5,6)33(38)16-19-40(34,9)39(32,8)23-24-42/h12,15,27,30,32-35,44H,3,10-11,13-14,16-26H2,1-2,4-9H3,(H,45,46). The van der Waals surface area contributed by atoms with Crippen molar-refractivity contribution >= 4 is 5.97 Å². The molecule has 4 fully saturated rings. The van der Waals surface area contributed by atoms with Crippen LogP contribution in [0.25, 0.3) is 0 Å². The highest BCUT2D eigenvalue weighted by Crippen LogP contribution is 2.76. The van der Waals surface area contributed by atoms with E-state index in [4.69, 9.17) is 0 Å². The van der Waals surface area contributed by atoms with Crippen LogP contribution in [0, 0.1) is 62.6 Å². The molecule has 6 aliphatic rings. The lowest BCUT2D eigenvalue weighted by Gasteiger charge is -2.72. The van der Waals surface area contributed by atoms with Crippen LogP contribution in [0.1, 0.15) is 139 Å². The molecule has 10 atom stereocenters. The van der Waals surface area contributed by atoms with E-state index in [1.54, 1.807) is 0 Å². The number of alkyl halides is 1. The van der Waals surface area contributed by atoms with Gasteiger partial charge in [0.1, 0.15) is 6.67 Å². The molecule has 4 heteroatoms. The van der Waals surface area contributed by atoms with E-state index in [-0.39, 0.29) is 16.4 Å². The highest BCUT2D eigenvalue weighted by atomic mass is 19.1. The Morgan fingerprint density at radius 3 is 2.30 bits per heavy atom. The maximum Gasteiger partial charge on any atom is 0.312 e. The summed E-state index contributed by atoms with van der Waals surface area (Å²) in [6.07, 6.45) is 18.9. The summed E-state index contributed by atoms with van der Waals surface area (Å²) in [6, 6.07) is 0. The number of carboxylic acids is 1. The van der Waals surface area contributed by atoms with Crippen molar-refractivity contribution in [2.45, 2.75) is 144 Å². The summed E-state index contributed by atoms with van der Waals surface area (Å²) in [5.41, 5.74) is 4.12. The van der Waals surface area contributed by atoms with Crippen LogP contribution in [0.15, 0.2) is 35.5 Å². The van der Waals surface area contributed by atoms with Crippen LogP contribution in [0.5, 0.6) is 0 Å². The fourth-order valence-electron chi connectivity index (χ4n) is 13.7. The van der Waals surface area contributed by atoms with E-state index < -0.39 is 18.1 Å². The number of hydrogen-bond acceptors (Lipinski definition) is 2. The monoisotopic (exact) mass is 636 g/mol. The Hall–Kier alpha value is -1.42. The van der Waals surface area contributed by atoms with Crippen LogP contribution in [0.2, 0.25) is 0 Å². The summed E-state index contributed by atoms with van der Waals surface area (Å²) in [4.78, 5) is 11.9. The molecule has 258 valence electrons. The van der Waals surface area contributed by atoms with Gasteiger partial charge in [0.25, 0.3) is 0 Å². The quantitative estimate of drug-likeness (QED) is 0.261. The topological polar surface area (TPSA) is 49.3 Å². The van der Waals surface area contributed by atoms with Crippen LogP contribution < -0.4 is 5.32 Å². The van der Waals surface area contributed by atoms with Gasteiger partial charge >= 0.3 is 5.97 Å². The van der Waals surface area contributed by atoms with E-state index in [9.17, 15) is 14.3 Å². The second-order valence-corrected chi connectivity index (χ2v) is 19.1. The van der Waals surface area contributed by atoms with Crippen LogP contribution >= 0.6 is 0 Å². The van der Waals surface area contributed by atoms with Crippen molar-refractivity contribution in [2.24, 2.45) is 62.6 Å². The van der Waals surface area contributed by atoms with E-state index in [1.165, 1.54) is 74.5 Å². The molecule has 0 bridgehead atoms.